The molecule has 0 bridgehead atoms. The van der Waals surface area contributed by atoms with E-state index in [1.54, 1.807) is 11.8 Å². The van der Waals surface area contributed by atoms with E-state index < -0.39 is 0 Å². The second-order valence-electron chi connectivity index (χ2n) is 5.24. The summed E-state index contributed by atoms with van der Waals surface area (Å²) in [6.07, 6.45) is 10.0. The lowest BCUT2D eigenvalue weighted by Crippen LogP contribution is -2.35. The van der Waals surface area contributed by atoms with Crippen LogP contribution in [0.3, 0.4) is 0 Å². The minimum Gasteiger partial charge on any atom is -0.353 e. The maximum Gasteiger partial charge on any atom is 0.224 e. The lowest BCUT2D eigenvalue weighted by atomic mass is 10.1. The van der Waals surface area contributed by atoms with Crippen molar-refractivity contribution in [2.45, 2.75) is 55.9 Å². The molecule has 0 spiro atoms. The van der Waals surface area contributed by atoms with Crippen molar-refractivity contribution < 1.29 is 4.79 Å². The Labute approximate surface area is 120 Å². The number of thioether (sulfide) groups is 1. The van der Waals surface area contributed by atoms with E-state index in [9.17, 15) is 4.79 Å². The van der Waals surface area contributed by atoms with Gasteiger partial charge in [-0.05, 0) is 30.7 Å². The highest BCUT2D eigenvalue weighted by molar-refractivity contribution is 7.98. The Bertz CT molecular complexity index is 411. The van der Waals surface area contributed by atoms with Gasteiger partial charge in [0.1, 0.15) is 0 Å². The zero-order valence-corrected chi connectivity index (χ0v) is 12.5. The van der Waals surface area contributed by atoms with Crippen LogP contribution in [-0.2, 0) is 11.2 Å². The van der Waals surface area contributed by atoms with E-state index in [0.29, 0.717) is 12.5 Å². The van der Waals surface area contributed by atoms with E-state index in [-0.39, 0.29) is 5.91 Å². The number of carbonyl (C=O) groups is 1. The molecule has 3 heteroatoms. The fourth-order valence-corrected chi connectivity index (χ4v) is 3.34. The van der Waals surface area contributed by atoms with E-state index in [0.717, 1.165) is 18.4 Å². The number of hydrogen-bond donors (Lipinski definition) is 1. The second kappa shape index (κ2) is 7.59. The summed E-state index contributed by atoms with van der Waals surface area (Å²) in [5, 5.41) is 3.21. The minimum atomic E-state index is 0.174. The van der Waals surface area contributed by atoms with Gasteiger partial charge in [-0.3, -0.25) is 4.79 Å². The molecule has 0 saturated heterocycles. The summed E-state index contributed by atoms with van der Waals surface area (Å²) < 4.78 is 0. The number of amides is 1. The first-order valence-corrected chi connectivity index (χ1v) is 8.43. The highest BCUT2D eigenvalue weighted by Gasteiger charge is 2.15. The first kappa shape index (κ1) is 14.4. The summed E-state index contributed by atoms with van der Waals surface area (Å²) in [6.45, 7) is 0. The number of rotatable bonds is 4. The number of benzene rings is 1. The maximum absolute atomic E-state index is 12.1. The molecule has 1 aliphatic carbocycles. The van der Waals surface area contributed by atoms with Gasteiger partial charge in [-0.25, -0.2) is 0 Å². The highest BCUT2D eigenvalue weighted by atomic mass is 32.2. The van der Waals surface area contributed by atoms with Gasteiger partial charge in [-0.15, -0.1) is 11.8 Å². The molecule has 0 aromatic heterocycles. The minimum absolute atomic E-state index is 0.174. The third-order valence-corrected chi connectivity index (χ3v) is 4.60. The average molecular weight is 277 g/mol. The Kier molecular flexibility index (Phi) is 5.77. The molecule has 0 radical (unpaired) electrons. The molecular formula is C16H23NOS. The SMILES string of the molecule is CSc1ccccc1CC(=O)NC1CCCCCC1. The van der Waals surface area contributed by atoms with Crippen LogP contribution in [-0.4, -0.2) is 18.2 Å². The van der Waals surface area contributed by atoms with Crippen LogP contribution in [0, 0.1) is 0 Å². The molecule has 0 unspecified atom stereocenters. The zero-order valence-electron chi connectivity index (χ0n) is 11.7. The molecule has 2 nitrogen and oxygen atoms in total. The molecule has 104 valence electrons. The largest absolute Gasteiger partial charge is 0.353 e. The average Bonchev–Trinajstić information content (AvgIpc) is 2.68. The normalized spacial score (nSPS) is 16.9. The van der Waals surface area contributed by atoms with Crippen LogP contribution in [0.2, 0.25) is 0 Å². The summed E-state index contributed by atoms with van der Waals surface area (Å²) in [4.78, 5) is 13.3. The fraction of sp³-hybridized carbons (Fsp3) is 0.562. The van der Waals surface area contributed by atoms with Crippen LogP contribution in [0.1, 0.15) is 44.1 Å². The van der Waals surface area contributed by atoms with E-state index in [2.05, 4.69) is 23.7 Å². The van der Waals surface area contributed by atoms with Gasteiger partial charge in [0.15, 0.2) is 0 Å². The fourth-order valence-electron chi connectivity index (χ4n) is 2.72. The first-order valence-electron chi connectivity index (χ1n) is 7.21. The molecule has 1 fully saturated rings. The van der Waals surface area contributed by atoms with Gasteiger partial charge in [0.2, 0.25) is 5.91 Å². The summed E-state index contributed by atoms with van der Waals surface area (Å²) >= 11 is 1.71. The monoisotopic (exact) mass is 277 g/mol. The molecule has 1 amide bonds. The van der Waals surface area contributed by atoms with Gasteiger partial charge in [-0.2, -0.15) is 0 Å². The zero-order chi connectivity index (χ0) is 13.5. The molecule has 1 aromatic carbocycles. The maximum atomic E-state index is 12.1. The van der Waals surface area contributed by atoms with Crippen molar-refractivity contribution in [3.05, 3.63) is 29.8 Å². The number of hydrogen-bond acceptors (Lipinski definition) is 2. The van der Waals surface area contributed by atoms with Crippen LogP contribution in [0.15, 0.2) is 29.2 Å². The predicted octanol–water partition coefficient (Wildman–Crippen LogP) is 3.79. The number of nitrogens with one attached hydrogen (secondary N) is 1. The quantitative estimate of drug-likeness (QED) is 0.670. The van der Waals surface area contributed by atoms with Gasteiger partial charge in [-0.1, -0.05) is 43.9 Å². The summed E-state index contributed by atoms with van der Waals surface area (Å²) in [7, 11) is 0. The lowest BCUT2D eigenvalue weighted by molar-refractivity contribution is -0.121. The van der Waals surface area contributed by atoms with Crippen molar-refractivity contribution in [2.75, 3.05) is 6.26 Å². The molecular weight excluding hydrogens is 254 g/mol. The molecule has 0 atom stereocenters. The smallest absolute Gasteiger partial charge is 0.224 e. The number of carbonyl (C=O) groups excluding carboxylic acids is 1. The standard InChI is InChI=1S/C16H23NOS/c1-19-15-11-7-6-8-13(15)12-16(18)17-14-9-4-2-3-5-10-14/h6-8,11,14H,2-5,9-10,12H2,1H3,(H,17,18). The van der Waals surface area contributed by atoms with Crippen LogP contribution in [0.25, 0.3) is 0 Å². The van der Waals surface area contributed by atoms with Crippen LogP contribution in [0.5, 0.6) is 0 Å². The van der Waals surface area contributed by atoms with Crippen molar-refractivity contribution in [1.29, 1.82) is 0 Å². The Morgan fingerprint density at radius 3 is 2.58 bits per heavy atom. The third-order valence-electron chi connectivity index (χ3n) is 3.76. The van der Waals surface area contributed by atoms with Crippen LogP contribution >= 0.6 is 11.8 Å². The van der Waals surface area contributed by atoms with Crippen molar-refractivity contribution in [3.8, 4) is 0 Å². The van der Waals surface area contributed by atoms with Crippen molar-refractivity contribution in [3.63, 3.8) is 0 Å². The molecule has 0 aliphatic heterocycles. The molecule has 19 heavy (non-hydrogen) atoms. The molecule has 0 heterocycles. The van der Waals surface area contributed by atoms with E-state index >= 15 is 0 Å². The Morgan fingerprint density at radius 1 is 1.21 bits per heavy atom. The molecule has 1 saturated carbocycles. The molecule has 2 rings (SSSR count). The van der Waals surface area contributed by atoms with Gasteiger partial charge < -0.3 is 5.32 Å². The van der Waals surface area contributed by atoms with Gasteiger partial charge in [0.25, 0.3) is 0 Å². The van der Waals surface area contributed by atoms with Gasteiger partial charge >= 0.3 is 0 Å². The van der Waals surface area contributed by atoms with E-state index in [1.165, 1.54) is 30.6 Å². The molecule has 1 N–H and O–H groups in total. The van der Waals surface area contributed by atoms with Gasteiger partial charge in [0.05, 0.1) is 6.42 Å². The Hall–Kier alpha value is -0.960. The highest BCUT2D eigenvalue weighted by Crippen LogP contribution is 2.21. The summed E-state index contributed by atoms with van der Waals surface area (Å²) in [5.41, 5.74) is 1.14. The lowest BCUT2D eigenvalue weighted by Gasteiger charge is -2.16. The van der Waals surface area contributed by atoms with Crippen LogP contribution < -0.4 is 5.32 Å². The Balaban J connectivity index is 1.89. The third kappa shape index (κ3) is 4.57. The molecule has 1 aromatic rings. The van der Waals surface area contributed by atoms with Crippen molar-refractivity contribution >= 4 is 17.7 Å². The van der Waals surface area contributed by atoms with Crippen LogP contribution in [0.4, 0.5) is 0 Å². The van der Waals surface area contributed by atoms with E-state index in [1.807, 2.05) is 12.1 Å². The molecule has 1 aliphatic rings. The topological polar surface area (TPSA) is 29.1 Å². The second-order valence-corrected chi connectivity index (χ2v) is 6.09. The first-order chi connectivity index (χ1) is 9.29. The van der Waals surface area contributed by atoms with Gasteiger partial charge in [0, 0.05) is 10.9 Å². The van der Waals surface area contributed by atoms with E-state index in [4.69, 9.17) is 0 Å². The summed E-state index contributed by atoms with van der Waals surface area (Å²) in [6, 6.07) is 8.57. The van der Waals surface area contributed by atoms with Crippen molar-refractivity contribution in [1.82, 2.24) is 5.32 Å². The Morgan fingerprint density at radius 2 is 1.89 bits per heavy atom. The predicted molar refractivity (Wildman–Crippen MR) is 81.6 cm³/mol. The summed E-state index contributed by atoms with van der Waals surface area (Å²) in [5.74, 6) is 0.174. The van der Waals surface area contributed by atoms with Crippen molar-refractivity contribution in [2.24, 2.45) is 0 Å².